The zero-order valence-electron chi connectivity index (χ0n) is 13.8. The fourth-order valence-corrected chi connectivity index (χ4v) is 3.49. The van der Waals surface area contributed by atoms with Crippen LogP contribution in [0.5, 0.6) is 5.88 Å². The lowest BCUT2D eigenvalue weighted by Crippen LogP contribution is -2.60. The van der Waals surface area contributed by atoms with Gasteiger partial charge < -0.3 is 14.4 Å². The second-order valence-electron chi connectivity index (χ2n) is 7.35. The van der Waals surface area contributed by atoms with Crippen molar-refractivity contribution in [2.45, 2.75) is 57.8 Å². The number of aromatic nitrogens is 1. The predicted molar refractivity (Wildman–Crippen MR) is 87.7 cm³/mol. The molecular formula is C17H23ClN2O3. The number of ether oxygens (including phenoxy) is 2. The van der Waals surface area contributed by atoms with E-state index in [-0.39, 0.29) is 18.2 Å². The standard InChI is InChI=1S/C17H23ClN2O3/c1-17(2,3)23-16(21)20-10-11-4-6-13(20)14(8-11)22-15-7-5-12(18)9-19-15/h5,7,9,11,13-14H,4,6,8,10H2,1-3H3. The number of carbonyl (C=O) groups excluding carboxylic acids is 1. The van der Waals surface area contributed by atoms with E-state index in [1.165, 1.54) is 0 Å². The SMILES string of the molecule is CC(C)(C)OC(=O)N1CC2CCC1C(Oc1ccc(Cl)cn1)C2. The van der Waals surface area contributed by atoms with Gasteiger partial charge in [0.2, 0.25) is 5.88 Å². The van der Waals surface area contributed by atoms with Gasteiger partial charge in [-0.25, -0.2) is 9.78 Å². The second kappa shape index (κ2) is 6.19. The van der Waals surface area contributed by atoms with Crippen LogP contribution in [0.1, 0.15) is 40.0 Å². The summed E-state index contributed by atoms with van der Waals surface area (Å²) in [6.45, 7) is 6.42. The third kappa shape index (κ3) is 3.89. The smallest absolute Gasteiger partial charge is 0.410 e. The number of halogens is 1. The summed E-state index contributed by atoms with van der Waals surface area (Å²) < 4.78 is 11.6. The molecule has 3 aliphatic rings. The Kier molecular flexibility index (Phi) is 4.41. The molecule has 4 rings (SSSR count). The van der Waals surface area contributed by atoms with E-state index in [0.717, 1.165) is 25.8 Å². The lowest BCUT2D eigenvalue weighted by atomic mass is 9.78. The number of nitrogens with zero attached hydrogens (tertiary/aromatic N) is 2. The first kappa shape index (κ1) is 16.4. The van der Waals surface area contributed by atoms with Crippen molar-refractivity contribution >= 4 is 17.7 Å². The Morgan fingerprint density at radius 2 is 2.13 bits per heavy atom. The molecule has 1 aromatic rings. The highest BCUT2D eigenvalue weighted by atomic mass is 35.5. The monoisotopic (exact) mass is 338 g/mol. The molecule has 2 aliphatic heterocycles. The van der Waals surface area contributed by atoms with Crippen molar-refractivity contribution < 1.29 is 14.3 Å². The molecular weight excluding hydrogens is 316 g/mol. The predicted octanol–water partition coefficient (Wildman–Crippen LogP) is 3.90. The summed E-state index contributed by atoms with van der Waals surface area (Å²) in [5, 5.41) is 0.581. The van der Waals surface area contributed by atoms with Crippen molar-refractivity contribution in [2.75, 3.05) is 6.54 Å². The minimum atomic E-state index is -0.484. The largest absolute Gasteiger partial charge is 0.472 e. The number of hydrogen-bond donors (Lipinski definition) is 0. The maximum atomic E-state index is 12.5. The molecule has 3 fully saturated rings. The molecule has 126 valence electrons. The Morgan fingerprint density at radius 3 is 2.74 bits per heavy atom. The number of hydrogen-bond acceptors (Lipinski definition) is 4. The van der Waals surface area contributed by atoms with Gasteiger partial charge in [0.05, 0.1) is 11.1 Å². The molecule has 1 aliphatic carbocycles. The average molecular weight is 339 g/mol. The first-order valence-corrected chi connectivity index (χ1v) is 8.47. The van der Waals surface area contributed by atoms with Gasteiger partial charge in [-0.05, 0) is 52.0 Å². The molecule has 6 heteroatoms. The Hall–Kier alpha value is -1.49. The average Bonchev–Trinajstić information content (AvgIpc) is 2.48. The fraction of sp³-hybridized carbons (Fsp3) is 0.647. The van der Waals surface area contributed by atoms with Crippen molar-refractivity contribution in [1.82, 2.24) is 9.88 Å². The molecule has 0 spiro atoms. The number of amides is 1. The van der Waals surface area contributed by atoms with Crippen molar-refractivity contribution in [2.24, 2.45) is 5.92 Å². The maximum Gasteiger partial charge on any atom is 0.410 e. The first-order valence-electron chi connectivity index (χ1n) is 8.09. The van der Waals surface area contributed by atoms with Gasteiger partial charge in [-0.3, -0.25) is 0 Å². The molecule has 5 nitrogen and oxygen atoms in total. The van der Waals surface area contributed by atoms with Gasteiger partial charge in [0.25, 0.3) is 0 Å². The summed E-state index contributed by atoms with van der Waals surface area (Å²) in [4.78, 5) is 18.5. The molecule has 0 radical (unpaired) electrons. The van der Waals surface area contributed by atoms with Gasteiger partial charge in [-0.15, -0.1) is 0 Å². The molecule has 0 N–H and O–H groups in total. The summed E-state index contributed by atoms with van der Waals surface area (Å²) in [7, 11) is 0. The minimum absolute atomic E-state index is 0.0382. The van der Waals surface area contributed by atoms with Gasteiger partial charge in [0.15, 0.2) is 0 Å². The maximum absolute atomic E-state index is 12.5. The summed E-state index contributed by atoms with van der Waals surface area (Å²) in [5.74, 6) is 1.01. The van der Waals surface area contributed by atoms with E-state index in [0.29, 0.717) is 16.8 Å². The molecule has 3 atom stereocenters. The molecule has 3 heterocycles. The van der Waals surface area contributed by atoms with Gasteiger partial charge in [0.1, 0.15) is 11.7 Å². The third-order valence-electron chi connectivity index (χ3n) is 4.32. The molecule has 3 unspecified atom stereocenters. The van der Waals surface area contributed by atoms with Crippen LogP contribution in [-0.4, -0.2) is 40.3 Å². The highest BCUT2D eigenvalue weighted by Crippen LogP contribution is 2.37. The van der Waals surface area contributed by atoms with Gasteiger partial charge in [0, 0.05) is 18.8 Å². The molecule has 1 saturated carbocycles. The molecule has 0 aromatic carbocycles. The summed E-state index contributed by atoms with van der Waals surface area (Å²) in [5.41, 5.74) is -0.484. The Balaban J connectivity index is 1.70. The number of fused-ring (bicyclic) bond motifs is 3. The summed E-state index contributed by atoms with van der Waals surface area (Å²) in [6.07, 6.45) is 4.33. The zero-order chi connectivity index (χ0) is 16.6. The lowest BCUT2D eigenvalue weighted by molar-refractivity contribution is -0.0561. The third-order valence-corrected chi connectivity index (χ3v) is 4.54. The van der Waals surface area contributed by atoms with Crippen LogP contribution in [0.3, 0.4) is 0 Å². The molecule has 1 aromatic heterocycles. The lowest BCUT2D eigenvalue weighted by Gasteiger charge is -2.49. The van der Waals surface area contributed by atoms with Gasteiger partial charge in [-0.1, -0.05) is 11.6 Å². The van der Waals surface area contributed by atoms with Crippen molar-refractivity contribution in [1.29, 1.82) is 0 Å². The Morgan fingerprint density at radius 1 is 1.35 bits per heavy atom. The number of piperidine rings is 2. The zero-order valence-corrected chi connectivity index (χ0v) is 14.5. The second-order valence-corrected chi connectivity index (χ2v) is 7.79. The first-order chi connectivity index (χ1) is 10.8. The van der Waals surface area contributed by atoms with Crippen molar-refractivity contribution in [3.05, 3.63) is 23.4 Å². The number of pyridine rings is 1. The van der Waals surface area contributed by atoms with Crippen molar-refractivity contribution in [3.63, 3.8) is 0 Å². The quantitative estimate of drug-likeness (QED) is 0.820. The topological polar surface area (TPSA) is 51.7 Å². The highest BCUT2D eigenvalue weighted by Gasteiger charge is 2.45. The van der Waals surface area contributed by atoms with E-state index >= 15 is 0 Å². The van der Waals surface area contributed by atoms with Crippen molar-refractivity contribution in [3.8, 4) is 5.88 Å². The van der Waals surface area contributed by atoms with Crippen LogP contribution in [0.2, 0.25) is 5.02 Å². The van der Waals surface area contributed by atoms with E-state index in [9.17, 15) is 4.79 Å². The summed E-state index contributed by atoms with van der Waals surface area (Å²) in [6, 6.07) is 3.58. The molecule has 2 saturated heterocycles. The number of rotatable bonds is 2. The minimum Gasteiger partial charge on any atom is -0.472 e. The fourth-order valence-electron chi connectivity index (χ4n) is 3.38. The highest BCUT2D eigenvalue weighted by molar-refractivity contribution is 6.30. The normalized spacial score (nSPS) is 27.0. The van der Waals surface area contributed by atoms with E-state index < -0.39 is 5.60 Å². The van der Waals surface area contributed by atoms with E-state index in [1.54, 1.807) is 18.3 Å². The van der Waals surface area contributed by atoms with Crippen LogP contribution < -0.4 is 4.74 Å². The van der Waals surface area contributed by atoms with Gasteiger partial charge >= 0.3 is 6.09 Å². The van der Waals surface area contributed by atoms with Gasteiger partial charge in [-0.2, -0.15) is 0 Å². The van der Waals surface area contributed by atoms with Crippen LogP contribution >= 0.6 is 11.6 Å². The summed E-state index contributed by atoms with van der Waals surface area (Å²) >= 11 is 5.86. The molecule has 2 bridgehead atoms. The van der Waals surface area contributed by atoms with Crippen LogP contribution in [0.15, 0.2) is 18.3 Å². The Labute approximate surface area is 141 Å². The van der Waals surface area contributed by atoms with Crippen LogP contribution in [0, 0.1) is 5.92 Å². The van der Waals surface area contributed by atoms with E-state index in [4.69, 9.17) is 21.1 Å². The van der Waals surface area contributed by atoms with Crippen LogP contribution in [0.25, 0.3) is 0 Å². The van der Waals surface area contributed by atoms with Crippen LogP contribution in [0.4, 0.5) is 4.79 Å². The van der Waals surface area contributed by atoms with E-state index in [1.807, 2.05) is 25.7 Å². The molecule has 1 amide bonds. The van der Waals surface area contributed by atoms with E-state index in [2.05, 4.69) is 4.98 Å². The molecule has 23 heavy (non-hydrogen) atoms. The Bertz CT molecular complexity index is 570. The number of carbonyl (C=O) groups is 1. The van der Waals surface area contributed by atoms with Crippen LogP contribution in [-0.2, 0) is 4.74 Å².